The first-order valence-corrected chi connectivity index (χ1v) is 10.1. The van der Waals surface area contributed by atoms with Gasteiger partial charge in [-0.15, -0.1) is 0 Å². The van der Waals surface area contributed by atoms with Crippen molar-refractivity contribution in [1.82, 2.24) is 5.43 Å². The second-order valence-electron chi connectivity index (χ2n) is 6.94. The van der Waals surface area contributed by atoms with Crippen molar-refractivity contribution in [3.63, 3.8) is 0 Å². The summed E-state index contributed by atoms with van der Waals surface area (Å²) >= 11 is 6.35. The van der Waals surface area contributed by atoms with Crippen LogP contribution in [0.1, 0.15) is 16.7 Å². The zero-order valence-corrected chi connectivity index (χ0v) is 18.6. The minimum absolute atomic E-state index is 0.0281. The molecule has 0 fully saturated rings. The molecule has 0 unspecified atom stereocenters. The number of ether oxygens (including phenoxy) is 2. The van der Waals surface area contributed by atoms with E-state index < -0.39 is 11.0 Å². The molecule has 10 heteroatoms. The molecule has 0 saturated carbocycles. The first-order chi connectivity index (χ1) is 15.9. The number of amides is 2. The summed E-state index contributed by atoms with van der Waals surface area (Å²) in [6.45, 7) is 2.02. The fraction of sp³-hybridized carbons (Fsp3) is 0.130. The minimum atomic E-state index is -0.495. The smallest absolute Gasteiger partial charge is 0.339 e. The molecule has 0 aliphatic heterocycles. The van der Waals surface area contributed by atoms with Crippen molar-refractivity contribution < 1.29 is 19.2 Å². The molecular formula is C23H21ClN4O5. The van der Waals surface area contributed by atoms with Gasteiger partial charge in [-0.3, -0.25) is 10.1 Å². The van der Waals surface area contributed by atoms with Gasteiger partial charge in [0.05, 0.1) is 23.3 Å². The quantitative estimate of drug-likeness (QED) is 0.264. The van der Waals surface area contributed by atoms with E-state index in [-0.39, 0.29) is 23.1 Å². The van der Waals surface area contributed by atoms with E-state index in [2.05, 4.69) is 15.8 Å². The summed E-state index contributed by atoms with van der Waals surface area (Å²) in [5.41, 5.74) is 5.25. The van der Waals surface area contributed by atoms with E-state index in [1.165, 1.54) is 25.5 Å². The molecule has 0 radical (unpaired) electrons. The number of nitro groups is 1. The Bertz CT molecular complexity index is 1180. The Hall–Kier alpha value is -4.11. The van der Waals surface area contributed by atoms with E-state index in [4.69, 9.17) is 21.1 Å². The number of carbonyl (C=O) groups is 1. The van der Waals surface area contributed by atoms with Gasteiger partial charge in [-0.25, -0.2) is 10.2 Å². The van der Waals surface area contributed by atoms with Gasteiger partial charge in [0, 0.05) is 17.8 Å². The zero-order chi connectivity index (χ0) is 23.8. The molecule has 0 aliphatic rings. The van der Waals surface area contributed by atoms with E-state index in [0.29, 0.717) is 22.6 Å². The van der Waals surface area contributed by atoms with E-state index in [9.17, 15) is 14.9 Å². The Morgan fingerprint density at radius 1 is 1.18 bits per heavy atom. The van der Waals surface area contributed by atoms with Gasteiger partial charge in [0.2, 0.25) is 0 Å². The number of anilines is 1. The van der Waals surface area contributed by atoms with Crippen molar-refractivity contribution in [2.45, 2.75) is 13.5 Å². The lowest BCUT2D eigenvalue weighted by Gasteiger charge is -2.13. The number of rotatable bonds is 8. The number of nitrogens with zero attached hydrogens (tertiary/aromatic N) is 2. The second kappa shape index (κ2) is 11.0. The summed E-state index contributed by atoms with van der Waals surface area (Å²) in [5, 5.41) is 17.8. The molecule has 3 aromatic rings. The predicted molar refractivity (Wildman–Crippen MR) is 126 cm³/mol. The average molecular weight is 469 g/mol. The number of aryl methyl sites for hydroxylation is 1. The molecule has 3 aromatic carbocycles. The summed E-state index contributed by atoms with van der Waals surface area (Å²) < 4.78 is 11.1. The molecule has 0 saturated heterocycles. The molecule has 0 bridgehead atoms. The van der Waals surface area contributed by atoms with Crippen molar-refractivity contribution in [3.05, 3.63) is 92.5 Å². The number of carbonyl (C=O) groups excluding carboxylic acids is 1. The van der Waals surface area contributed by atoms with Gasteiger partial charge in [-0.2, -0.15) is 5.10 Å². The van der Waals surface area contributed by atoms with Crippen molar-refractivity contribution in [1.29, 1.82) is 0 Å². The maximum atomic E-state index is 12.0. The topological polar surface area (TPSA) is 115 Å². The molecule has 0 atom stereocenters. The van der Waals surface area contributed by atoms with Crippen LogP contribution in [0.5, 0.6) is 11.5 Å². The Kier molecular flexibility index (Phi) is 7.82. The minimum Gasteiger partial charge on any atom is -0.493 e. The van der Waals surface area contributed by atoms with Crippen molar-refractivity contribution in [2.75, 3.05) is 12.4 Å². The highest BCUT2D eigenvalue weighted by atomic mass is 35.5. The highest BCUT2D eigenvalue weighted by Crippen LogP contribution is 2.36. The second-order valence-corrected chi connectivity index (χ2v) is 7.35. The van der Waals surface area contributed by atoms with E-state index >= 15 is 0 Å². The van der Waals surface area contributed by atoms with Gasteiger partial charge in [0.25, 0.3) is 5.69 Å². The lowest BCUT2D eigenvalue weighted by Crippen LogP contribution is -2.24. The number of non-ortho nitro benzene ring substituents is 1. The lowest BCUT2D eigenvalue weighted by molar-refractivity contribution is -0.384. The first kappa shape index (κ1) is 23.6. The molecule has 9 nitrogen and oxygen atoms in total. The maximum Gasteiger partial charge on any atom is 0.339 e. The number of benzene rings is 3. The first-order valence-electron chi connectivity index (χ1n) is 9.76. The number of methoxy groups -OCH3 is 1. The van der Waals surface area contributed by atoms with Gasteiger partial charge in [-0.1, -0.05) is 41.4 Å². The van der Waals surface area contributed by atoms with Gasteiger partial charge < -0.3 is 14.8 Å². The number of hydrogen-bond donors (Lipinski definition) is 2. The number of nitro benzene ring substituents is 1. The van der Waals surface area contributed by atoms with Crippen LogP contribution in [0.4, 0.5) is 16.2 Å². The predicted octanol–water partition coefficient (Wildman–Crippen LogP) is 5.30. The summed E-state index contributed by atoms with van der Waals surface area (Å²) in [6, 6.07) is 16.2. The third kappa shape index (κ3) is 6.68. The maximum absolute atomic E-state index is 12.0. The molecule has 0 heterocycles. The lowest BCUT2D eigenvalue weighted by atomic mass is 10.2. The summed E-state index contributed by atoms with van der Waals surface area (Å²) in [7, 11) is 1.46. The summed E-state index contributed by atoms with van der Waals surface area (Å²) in [6.07, 6.45) is 1.41. The standard InChI is InChI=1S/C23H21ClN4O5/c1-15-6-8-18(9-7-15)26-23(29)27-25-13-17-11-20(24)22(21(12-17)32-2)33-14-16-4-3-5-19(10-16)28(30)31/h3-13H,14H2,1-2H3,(H2,26,27,29). The normalized spacial score (nSPS) is 10.6. The van der Waals surface area contributed by atoms with Crippen LogP contribution in [0.3, 0.4) is 0 Å². The monoisotopic (exact) mass is 468 g/mol. The van der Waals surface area contributed by atoms with Gasteiger partial charge in [-0.05, 0) is 42.3 Å². The number of urea groups is 1. The summed E-state index contributed by atoms with van der Waals surface area (Å²) in [5.74, 6) is 0.631. The zero-order valence-electron chi connectivity index (χ0n) is 17.9. The highest BCUT2D eigenvalue weighted by molar-refractivity contribution is 6.32. The number of hydrogen-bond acceptors (Lipinski definition) is 6. The van der Waals surface area contributed by atoms with Gasteiger partial charge in [0.15, 0.2) is 11.5 Å². The van der Waals surface area contributed by atoms with E-state index in [0.717, 1.165) is 5.56 Å². The number of nitrogens with one attached hydrogen (secondary N) is 2. The highest BCUT2D eigenvalue weighted by Gasteiger charge is 2.13. The molecule has 0 aliphatic carbocycles. The van der Waals surface area contributed by atoms with Crippen LogP contribution < -0.4 is 20.2 Å². The van der Waals surface area contributed by atoms with Crippen LogP contribution in [0, 0.1) is 17.0 Å². The Balaban J connectivity index is 1.64. The molecule has 2 amide bonds. The average Bonchev–Trinajstić information content (AvgIpc) is 2.79. The van der Waals surface area contributed by atoms with Crippen LogP contribution in [0.25, 0.3) is 0 Å². The Morgan fingerprint density at radius 2 is 1.94 bits per heavy atom. The van der Waals surface area contributed by atoms with E-state index in [1.807, 2.05) is 19.1 Å². The molecule has 170 valence electrons. The Labute approximate surface area is 195 Å². The molecule has 2 N–H and O–H groups in total. The fourth-order valence-corrected chi connectivity index (χ4v) is 3.10. The summed E-state index contributed by atoms with van der Waals surface area (Å²) in [4.78, 5) is 22.4. The van der Waals surface area contributed by atoms with Crippen molar-refractivity contribution >= 4 is 35.2 Å². The van der Waals surface area contributed by atoms with Crippen molar-refractivity contribution in [3.8, 4) is 11.5 Å². The van der Waals surface area contributed by atoms with Crippen LogP contribution in [-0.4, -0.2) is 24.3 Å². The van der Waals surface area contributed by atoms with Crippen LogP contribution >= 0.6 is 11.6 Å². The van der Waals surface area contributed by atoms with Crippen LogP contribution in [0.15, 0.2) is 65.8 Å². The van der Waals surface area contributed by atoms with Crippen LogP contribution in [-0.2, 0) is 6.61 Å². The van der Waals surface area contributed by atoms with E-state index in [1.54, 1.807) is 36.4 Å². The fourth-order valence-electron chi connectivity index (χ4n) is 2.83. The van der Waals surface area contributed by atoms with Gasteiger partial charge >= 0.3 is 6.03 Å². The van der Waals surface area contributed by atoms with Crippen LogP contribution in [0.2, 0.25) is 5.02 Å². The number of halogens is 1. The van der Waals surface area contributed by atoms with Crippen molar-refractivity contribution in [2.24, 2.45) is 5.10 Å². The molecule has 33 heavy (non-hydrogen) atoms. The largest absolute Gasteiger partial charge is 0.493 e. The molecule has 0 spiro atoms. The Morgan fingerprint density at radius 3 is 2.64 bits per heavy atom. The third-order valence-corrected chi connectivity index (χ3v) is 4.73. The molecule has 3 rings (SSSR count). The molecule has 0 aromatic heterocycles. The number of hydrazone groups is 1. The van der Waals surface area contributed by atoms with Gasteiger partial charge in [0.1, 0.15) is 6.61 Å². The molecular weight excluding hydrogens is 448 g/mol. The third-order valence-electron chi connectivity index (χ3n) is 4.45. The SMILES string of the molecule is COc1cc(C=NNC(=O)Nc2ccc(C)cc2)cc(Cl)c1OCc1cccc([N+](=O)[O-])c1.